The van der Waals surface area contributed by atoms with Crippen molar-refractivity contribution in [3.63, 3.8) is 0 Å². The molecule has 2 rings (SSSR count). The largest absolute Gasteiger partial charge is 0.480 e. The maximum Gasteiger partial charge on any atom is 0.323 e. The number of amides is 2. The van der Waals surface area contributed by atoms with Gasteiger partial charge in [0.25, 0.3) is 5.91 Å². The van der Waals surface area contributed by atoms with Crippen LogP contribution in [0.5, 0.6) is 5.75 Å². The minimum atomic E-state index is -1.08. The molecular formula is C15H18N2O5. The summed E-state index contributed by atoms with van der Waals surface area (Å²) >= 11 is 0. The Morgan fingerprint density at radius 1 is 1.36 bits per heavy atom. The Hall–Kier alpha value is -2.57. The van der Waals surface area contributed by atoms with Gasteiger partial charge in [-0.1, -0.05) is 19.1 Å². The van der Waals surface area contributed by atoms with E-state index in [1.54, 1.807) is 24.3 Å². The Bertz CT molecular complexity index is 587. The van der Waals surface area contributed by atoms with Gasteiger partial charge < -0.3 is 20.1 Å². The molecule has 1 unspecified atom stereocenters. The maximum absolute atomic E-state index is 12.2. The molecule has 1 atom stereocenters. The van der Waals surface area contributed by atoms with Gasteiger partial charge in [0.15, 0.2) is 6.10 Å². The van der Waals surface area contributed by atoms with E-state index in [-0.39, 0.29) is 13.0 Å². The Balaban J connectivity index is 2.04. The number of fused-ring (bicyclic) bond motifs is 1. The van der Waals surface area contributed by atoms with E-state index in [1.165, 1.54) is 4.90 Å². The van der Waals surface area contributed by atoms with Crippen LogP contribution in [0.15, 0.2) is 24.3 Å². The zero-order valence-electron chi connectivity index (χ0n) is 12.2. The van der Waals surface area contributed by atoms with Gasteiger partial charge in [-0.25, -0.2) is 0 Å². The highest BCUT2D eigenvalue weighted by Gasteiger charge is 2.31. The third kappa shape index (κ3) is 3.75. The van der Waals surface area contributed by atoms with Crippen molar-refractivity contribution in [1.29, 1.82) is 0 Å². The number of aliphatic carboxylic acids is 1. The molecule has 2 amide bonds. The molecule has 7 nitrogen and oxygen atoms in total. The first-order valence-corrected chi connectivity index (χ1v) is 7.07. The first-order chi connectivity index (χ1) is 10.5. The van der Waals surface area contributed by atoms with E-state index in [0.29, 0.717) is 24.4 Å². The van der Waals surface area contributed by atoms with Gasteiger partial charge in [0.05, 0.1) is 12.1 Å². The number of nitrogens with one attached hydrogen (secondary N) is 1. The highest BCUT2D eigenvalue weighted by Crippen LogP contribution is 2.29. The Morgan fingerprint density at radius 3 is 2.77 bits per heavy atom. The van der Waals surface area contributed by atoms with Crippen LogP contribution in [0, 0.1) is 0 Å². The zero-order chi connectivity index (χ0) is 16.1. The van der Waals surface area contributed by atoms with Gasteiger partial charge in [-0.15, -0.1) is 0 Å². The van der Waals surface area contributed by atoms with Gasteiger partial charge in [-0.2, -0.15) is 0 Å². The Labute approximate surface area is 127 Å². The Morgan fingerprint density at radius 2 is 2.09 bits per heavy atom. The van der Waals surface area contributed by atoms with Crippen molar-refractivity contribution in [1.82, 2.24) is 4.90 Å². The lowest BCUT2D eigenvalue weighted by Gasteiger charge is -2.27. The summed E-state index contributed by atoms with van der Waals surface area (Å²) in [6.45, 7) is 1.80. The summed E-state index contributed by atoms with van der Waals surface area (Å²) in [5.74, 6) is -1.40. The number of hydrogen-bond donors (Lipinski definition) is 2. The molecule has 2 N–H and O–H groups in total. The lowest BCUT2D eigenvalue weighted by molar-refractivity contribution is -0.145. The molecule has 1 heterocycles. The van der Waals surface area contributed by atoms with Crippen molar-refractivity contribution in [2.75, 3.05) is 18.4 Å². The van der Waals surface area contributed by atoms with Crippen LogP contribution in [-0.2, 0) is 14.4 Å². The van der Waals surface area contributed by atoms with E-state index in [9.17, 15) is 14.4 Å². The highest BCUT2D eigenvalue weighted by molar-refractivity contribution is 6.00. The molecule has 1 aliphatic heterocycles. The molecule has 1 aliphatic rings. The molecule has 118 valence electrons. The molecule has 0 aliphatic carbocycles. The number of nitrogens with zero attached hydrogens (tertiary/aromatic N) is 1. The summed E-state index contributed by atoms with van der Waals surface area (Å²) < 4.78 is 5.54. The van der Waals surface area contributed by atoms with Crippen molar-refractivity contribution < 1.29 is 24.2 Å². The number of hydrogen-bond acceptors (Lipinski definition) is 4. The topological polar surface area (TPSA) is 95.9 Å². The molecular weight excluding hydrogens is 288 g/mol. The summed E-state index contributed by atoms with van der Waals surface area (Å²) in [7, 11) is 0. The summed E-state index contributed by atoms with van der Waals surface area (Å²) in [5.41, 5.74) is 0.562. The van der Waals surface area contributed by atoms with Crippen LogP contribution in [-0.4, -0.2) is 47.0 Å². The van der Waals surface area contributed by atoms with Gasteiger partial charge in [0, 0.05) is 6.54 Å². The van der Waals surface area contributed by atoms with E-state index in [4.69, 9.17) is 9.84 Å². The number of rotatable bonds is 6. The molecule has 1 aromatic carbocycles. The normalized spacial score (nSPS) is 16.2. The summed E-state index contributed by atoms with van der Waals surface area (Å²) in [5, 5.41) is 11.5. The van der Waals surface area contributed by atoms with E-state index in [2.05, 4.69) is 5.32 Å². The number of carboxylic acid groups (broad SMARTS) is 1. The second-order valence-electron chi connectivity index (χ2n) is 5.01. The van der Waals surface area contributed by atoms with Gasteiger partial charge in [0.2, 0.25) is 5.91 Å². The quantitative estimate of drug-likeness (QED) is 0.820. The number of carbonyl (C=O) groups excluding carboxylic acids is 2. The van der Waals surface area contributed by atoms with E-state index in [1.807, 2.05) is 6.92 Å². The first kappa shape index (κ1) is 15.8. The van der Waals surface area contributed by atoms with Crippen LogP contribution in [0.25, 0.3) is 0 Å². The molecule has 7 heteroatoms. The smallest absolute Gasteiger partial charge is 0.323 e. The average molecular weight is 306 g/mol. The molecule has 0 fully saturated rings. The van der Waals surface area contributed by atoms with Crippen molar-refractivity contribution in [3.8, 4) is 5.75 Å². The number of carboxylic acids is 1. The summed E-state index contributed by atoms with van der Waals surface area (Å²) in [6.07, 6.45) is -0.497. The lowest BCUT2D eigenvalue weighted by atomic mass is 10.1. The number of benzene rings is 1. The molecule has 0 radical (unpaired) electrons. The van der Waals surface area contributed by atoms with Crippen LogP contribution < -0.4 is 10.1 Å². The number of para-hydroxylation sites is 2. The fraction of sp³-hybridized carbons (Fsp3) is 0.400. The van der Waals surface area contributed by atoms with E-state index >= 15 is 0 Å². The van der Waals surface area contributed by atoms with E-state index < -0.39 is 23.9 Å². The number of ether oxygens (including phenoxy) is 1. The molecule has 0 saturated heterocycles. The fourth-order valence-corrected chi connectivity index (χ4v) is 2.24. The maximum atomic E-state index is 12.2. The summed E-state index contributed by atoms with van der Waals surface area (Å²) in [4.78, 5) is 36.2. The third-order valence-electron chi connectivity index (χ3n) is 3.24. The minimum absolute atomic E-state index is 0.187. The van der Waals surface area contributed by atoms with Gasteiger partial charge in [0.1, 0.15) is 12.3 Å². The third-order valence-corrected chi connectivity index (χ3v) is 3.24. The standard InChI is InChI=1S/C15H18N2O5/c1-2-7-17(9-14(19)20)13(18)8-12-15(21)16-10-5-3-4-6-11(10)22-12/h3-6,12H,2,7-9H2,1H3,(H,16,21)(H,19,20). The predicted octanol–water partition coefficient (Wildman–Crippen LogP) is 1.10. The van der Waals surface area contributed by atoms with Gasteiger partial charge in [-0.05, 0) is 18.6 Å². The van der Waals surface area contributed by atoms with Crippen molar-refractivity contribution in [3.05, 3.63) is 24.3 Å². The zero-order valence-corrected chi connectivity index (χ0v) is 12.2. The van der Waals surface area contributed by atoms with Crippen LogP contribution in [0.2, 0.25) is 0 Å². The molecule has 22 heavy (non-hydrogen) atoms. The van der Waals surface area contributed by atoms with Crippen LogP contribution in [0.4, 0.5) is 5.69 Å². The molecule has 1 aromatic rings. The van der Waals surface area contributed by atoms with Crippen LogP contribution in [0.1, 0.15) is 19.8 Å². The lowest BCUT2D eigenvalue weighted by Crippen LogP contribution is -2.43. The number of carbonyl (C=O) groups is 3. The predicted molar refractivity (Wildman–Crippen MR) is 78.6 cm³/mol. The van der Waals surface area contributed by atoms with E-state index in [0.717, 1.165) is 0 Å². The highest BCUT2D eigenvalue weighted by atomic mass is 16.5. The summed E-state index contributed by atoms with van der Waals surface area (Å²) in [6, 6.07) is 6.94. The SMILES string of the molecule is CCCN(CC(=O)O)C(=O)CC1Oc2ccccc2NC1=O. The minimum Gasteiger partial charge on any atom is -0.480 e. The fourth-order valence-electron chi connectivity index (χ4n) is 2.24. The number of anilines is 1. The molecule has 0 bridgehead atoms. The second kappa shape index (κ2) is 6.93. The molecule has 0 spiro atoms. The van der Waals surface area contributed by atoms with Crippen LogP contribution >= 0.6 is 0 Å². The molecule has 0 saturated carbocycles. The van der Waals surface area contributed by atoms with Gasteiger partial charge in [-0.3, -0.25) is 14.4 Å². The monoisotopic (exact) mass is 306 g/mol. The van der Waals surface area contributed by atoms with Crippen molar-refractivity contribution in [2.24, 2.45) is 0 Å². The van der Waals surface area contributed by atoms with Gasteiger partial charge >= 0.3 is 5.97 Å². The van der Waals surface area contributed by atoms with Crippen molar-refractivity contribution in [2.45, 2.75) is 25.9 Å². The molecule has 0 aromatic heterocycles. The van der Waals surface area contributed by atoms with Crippen molar-refractivity contribution >= 4 is 23.5 Å². The van der Waals surface area contributed by atoms with Crippen LogP contribution in [0.3, 0.4) is 0 Å². The second-order valence-corrected chi connectivity index (χ2v) is 5.01. The average Bonchev–Trinajstić information content (AvgIpc) is 2.47. The first-order valence-electron chi connectivity index (χ1n) is 7.07. The Kier molecular flexibility index (Phi) is 4.98.